The van der Waals surface area contributed by atoms with Gasteiger partial charge < -0.3 is 14.5 Å². The molecule has 148 valence electrons. The molecule has 1 aliphatic rings. The molecule has 1 fully saturated rings. The summed E-state index contributed by atoms with van der Waals surface area (Å²) in [6, 6.07) is 12.7. The van der Waals surface area contributed by atoms with E-state index in [1.807, 2.05) is 12.1 Å². The highest BCUT2D eigenvalue weighted by atomic mass is 35.5. The Hall–Kier alpha value is -2.60. The summed E-state index contributed by atoms with van der Waals surface area (Å²) in [5.74, 6) is 0.159. The van der Waals surface area contributed by atoms with E-state index in [9.17, 15) is 14.0 Å². The lowest BCUT2D eigenvalue weighted by Crippen LogP contribution is -2.50. The minimum absolute atomic E-state index is 0.0524. The average Bonchev–Trinajstić information content (AvgIpc) is 2.72. The first-order valence-electron chi connectivity index (χ1n) is 9.24. The average molecular weight is 405 g/mol. The number of halogens is 2. The SMILES string of the molecule is O=C(CCCOc1ccccc1Cl)N1CCN(C(=O)c2ccc(F)cc2)CC1. The molecule has 7 heteroatoms. The van der Waals surface area contributed by atoms with Crippen molar-refractivity contribution in [3.8, 4) is 5.75 Å². The van der Waals surface area contributed by atoms with Crippen LogP contribution in [-0.4, -0.2) is 54.4 Å². The van der Waals surface area contributed by atoms with Gasteiger partial charge in [-0.3, -0.25) is 9.59 Å². The number of nitrogens with zero attached hydrogens (tertiary/aromatic N) is 2. The van der Waals surface area contributed by atoms with Crippen LogP contribution in [0.4, 0.5) is 4.39 Å². The van der Waals surface area contributed by atoms with E-state index in [1.165, 1.54) is 24.3 Å². The van der Waals surface area contributed by atoms with Crippen LogP contribution in [0.15, 0.2) is 48.5 Å². The summed E-state index contributed by atoms with van der Waals surface area (Å²) in [6.45, 7) is 2.35. The van der Waals surface area contributed by atoms with E-state index in [-0.39, 0.29) is 17.6 Å². The number of piperazine rings is 1. The lowest BCUT2D eigenvalue weighted by atomic mass is 10.1. The zero-order chi connectivity index (χ0) is 19.9. The molecule has 0 N–H and O–H groups in total. The maximum Gasteiger partial charge on any atom is 0.253 e. The smallest absolute Gasteiger partial charge is 0.253 e. The Labute approximate surface area is 168 Å². The van der Waals surface area contributed by atoms with Gasteiger partial charge in [0.1, 0.15) is 11.6 Å². The molecule has 1 saturated heterocycles. The van der Waals surface area contributed by atoms with Crippen LogP contribution < -0.4 is 4.74 Å². The second kappa shape index (κ2) is 9.55. The van der Waals surface area contributed by atoms with E-state index in [4.69, 9.17) is 16.3 Å². The second-order valence-electron chi connectivity index (χ2n) is 6.56. The molecule has 0 saturated carbocycles. The number of amides is 2. The number of carbonyl (C=O) groups is 2. The van der Waals surface area contributed by atoms with Gasteiger partial charge in [0.05, 0.1) is 11.6 Å². The van der Waals surface area contributed by atoms with E-state index in [0.717, 1.165) is 0 Å². The Bertz CT molecular complexity index is 821. The van der Waals surface area contributed by atoms with E-state index in [0.29, 0.717) is 62.0 Å². The van der Waals surface area contributed by atoms with Crippen molar-refractivity contribution < 1.29 is 18.7 Å². The Balaban J connectivity index is 1.39. The van der Waals surface area contributed by atoms with Gasteiger partial charge in [0, 0.05) is 38.2 Å². The fourth-order valence-electron chi connectivity index (χ4n) is 3.06. The van der Waals surface area contributed by atoms with Crippen LogP contribution in [0.5, 0.6) is 5.75 Å². The Morgan fingerprint density at radius 3 is 2.29 bits per heavy atom. The molecule has 1 aliphatic heterocycles. The van der Waals surface area contributed by atoms with Gasteiger partial charge in [-0.2, -0.15) is 0 Å². The molecule has 5 nitrogen and oxygen atoms in total. The predicted molar refractivity (Wildman–Crippen MR) is 105 cm³/mol. The lowest BCUT2D eigenvalue weighted by Gasteiger charge is -2.35. The van der Waals surface area contributed by atoms with Crippen molar-refractivity contribution >= 4 is 23.4 Å². The first-order chi connectivity index (χ1) is 13.5. The first kappa shape index (κ1) is 20.1. The summed E-state index contributed by atoms with van der Waals surface area (Å²) in [4.78, 5) is 28.3. The van der Waals surface area contributed by atoms with Crippen molar-refractivity contribution in [3.05, 3.63) is 64.9 Å². The third-order valence-electron chi connectivity index (χ3n) is 4.64. The van der Waals surface area contributed by atoms with Crippen molar-refractivity contribution in [1.82, 2.24) is 9.80 Å². The molecule has 0 atom stereocenters. The quantitative estimate of drug-likeness (QED) is 0.691. The Morgan fingerprint density at radius 1 is 0.964 bits per heavy atom. The summed E-state index contributed by atoms with van der Waals surface area (Å²) in [7, 11) is 0. The van der Waals surface area contributed by atoms with E-state index >= 15 is 0 Å². The van der Waals surface area contributed by atoms with Crippen molar-refractivity contribution in [3.63, 3.8) is 0 Å². The van der Waals surface area contributed by atoms with Crippen LogP contribution in [0.2, 0.25) is 5.02 Å². The van der Waals surface area contributed by atoms with Crippen molar-refractivity contribution in [2.75, 3.05) is 32.8 Å². The van der Waals surface area contributed by atoms with Crippen molar-refractivity contribution in [2.45, 2.75) is 12.8 Å². The summed E-state index contributed by atoms with van der Waals surface area (Å²) in [6.07, 6.45) is 0.981. The summed E-state index contributed by atoms with van der Waals surface area (Å²) < 4.78 is 18.6. The molecule has 0 radical (unpaired) electrons. The fraction of sp³-hybridized carbons (Fsp3) is 0.333. The van der Waals surface area contributed by atoms with Gasteiger partial charge in [-0.05, 0) is 42.8 Å². The molecule has 28 heavy (non-hydrogen) atoms. The number of rotatable bonds is 6. The highest BCUT2D eigenvalue weighted by Crippen LogP contribution is 2.23. The van der Waals surface area contributed by atoms with Gasteiger partial charge in [-0.1, -0.05) is 23.7 Å². The lowest BCUT2D eigenvalue weighted by molar-refractivity contribution is -0.132. The molecule has 2 aromatic carbocycles. The van der Waals surface area contributed by atoms with Crippen molar-refractivity contribution in [1.29, 1.82) is 0 Å². The largest absolute Gasteiger partial charge is 0.492 e. The van der Waals surface area contributed by atoms with Crippen LogP contribution in [0, 0.1) is 5.82 Å². The summed E-state index contributed by atoms with van der Waals surface area (Å²) in [5, 5.41) is 0.552. The maximum atomic E-state index is 13.0. The number of ether oxygens (including phenoxy) is 1. The predicted octanol–water partition coefficient (Wildman–Crippen LogP) is 3.62. The number of hydrogen-bond acceptors (Lipinski definition) is 3. The third-order valence-corrected chi connectivity index (χ3v) is 4.95. The monoisotopic (exact) mass is 404 g/mol. The molecule has 1 heterocycles. The Morgan fingerprint density at radius 2 is 1.61 bits per heavy atom. The first-order valence-corrected chi connectivity index (χ1v) is 9.62. The number of hydrogen-bond donors (Lipinski definition) is 0. The van der Waals surface area contributed by atoms with Crippen molar-refractivity contribution in [2.24, 2.45) is 0 Å². The fourth-order valence-corrected chi connectivity index (χ4v) is 3.25. The molecule has 2 amide bonds. The molecule has 0 aromatic heterocycles. The molecular formula is C21H22ClFN2O3. The topological polar surface area (TPSA) is 49.9 Å². The highest BCUT2D eigenvalue weighted by molar-refractivity contribution is 6.32. The van der Waals surface area contributed by atoms with Gasteiger partial charge in [-0.15, -0.1) is 0 Å². The van der Waals surface area contributed by atoms with Crippen LogP contribution >= 0.6 is 11.6 Å². The summed E-state index contributed by atoms with van der Waals surface area (Å²) in [5.41, 5.74) is 0.456. The van der Waals surface area contributed by atoms with Crippen LogP contribution in [-0.2, 0) is 4.79 Å². The van der Waals surface area contributed by atoms with Gasteiger partial charge in [-0.25, -0.2) is 4.39 Å². The molecule has 0 aliphatic carbocycles. The molecule has 0 unspecified atom stereocenters. The Kier molecular flexibility index (Phi) is 6.87. The normalized spacial score (nSPS) is 14.1. The standard InChI is InChI=1S/C21H22ClFN2O3/c22-18-4-1-2-5-19(18)28-15-3-6-20(26)24-11-13-25(14-12-24)21(27)16-7-9-17(23)10-8-16/h1-2,4-5,7-10H,3,6,11-15H2. The number of carbonyl (C=O) groups excluding carboxylic acids is 2. The maximum absolute atomic E-state index is 13.0. The van der Waals surface area contributed by atoms with E-state index < -0.39 is 0 Å². The molecular weight excluding hydrogens is 383 g/mol. The zero-order valence-corrected chi connectivity index (χ0v) is 16.2. The van der Waals surface area contributed by atoms with Gasteiger partial charge >= 0.3 is 0 Å². The minimum atomic E-state index is -0.370. The van der Waals surface area contributed by atoms with Gasteiger partial charge in [0.2, 0.25) is 5.91 Å². The molecule has 3 rings (SSSR count). The van der Waals surface area contributed by atoms with E-state index in [2.05, 4.69) is 0 Å². The van der Waals surface area contributed by atoms with E-state index in [1.54, 1.807) is 21.9 Å². The molecule has 2 aromatic rings. The molecule has 0 bridgehead atoms. The van der Waals surface area contributed by atoms with Crippen LogP contribution in [0.25, 0.3) is 0 Å². The van der Waals surface area contributed by atoms with Crippen LogP contribution in [0.1, 0.15) is 23.2 Å². The summed E-state index contributed by atoms with van der Waals surface area (Å²) >= 11 is 6.03. The molecule has 0 spiro atoms. The van der Waals surface area contributed by atoms with Gasteiger partial charge in [0.15, 0.2) is 0 Å². The number of benzene rings is 2. The number of para-hydroxylation sites is 1. The third kappa shape index (κ3) is 5.23. The minimum Gasteiger partial charge on any atom is -0.492 e. The van der Waals surface area contributed by atoms with Gasteiger partial charge in [0.25, 0.3) is 5.91 Å². The highest BCUT2D eigenvalue weighted by Gasteiger charge is 2.24. The van der Waals surface area contributed by atoms with Crippen LogP contribution in [0.3, 0.4) is 0 Å². The zero-order valence-electron chi connectivity index (χ0n) is 15.4. The second-order valence-corrected chi connectivity index (χ2v) is 6.97.